The zero-order valence-corrected chi connectivity index (χ0v) is 13.8. The van der Waals surface area contributed by atoms with Crippen LogP contribution in [-0.4, -0.2) is 18.9 Å². The normalized spacial score (nSPS) is 41.8. The van der Waals surface area contributed by atoms with Crippen molar-refractivity contribution in [2.45, 2.75) is 64.9 Å². The van der Waals surface area contributed by atoms with E-state index >= 15 is 0 Å². The Bertz CT molecular complexity index is 354. The van der Waals surface area contributed by atoms with Gasteiger partial charge in [0.2, 0.25) is 0 Å². The Morgan fingerprint density at radius 1 is 1.00 bits per heavy atom. The van der Waals surface area contributed by atoms with Crippen LogP contribution in [0.5, 0.6) is 0 Å². The van der Waals surface area contributed by atoms with Crippen molar-refractivity contribution in [1.29, 1.82) is 0 Å². The summed E-state index contributed by atoms with van der Waals surface area (Å²) in [7, 11) is -2.86. The van der Waals surface area contributed by atoms with Crippen molar-refractivity contribution < 1.29 is 13.6 Å². The summed E-state index contributed by atoms with van der Waals surface area (Å²) in [4.78, 5) is 0. The number of unbranched alkanes of at least 4 members (excludes halogenated alkanes) is 1. The summed E-state index contributed by atoms with van der Waals surface area (Å²) in [5.41, 5.74) is 0. The summed E-state index contributed by atoms with van der Waals surface area (Å²) in [6, 6.07) is 0. The van der Waals surface area contributed by atoms with Gasteiger partial charge < -0.3 is 9.05 Å². The average Bonchev–Trinajstić information content (AvgIpc) is 2.40. The van der Waals surface area contributed by atoms with Gasteiger partial charge in [0.15, 0.2) is 0 Å². The van der Waals surface area contributed by atoms with Gasteiger partial charge >= 0.3 is 7.60 Å². The molecule has 0 aromatic heterocycles. The van der Waals surface area contributed by atoms with Gasteiger partial charge in [-0.1, -0.05) is 13.3 Å². The van der Waals surface area contributed by atoms with Gasteiger partial charge in [0.05, 0.1) is 18.9 Å². The van der Waals surface area contributed by atoms with Gasteiger partial charge in [0.1, 0.15) is 0 Å². The Hall–Kier alpha value is 0.150. The highest BCUT2D eigenvalue weighted by Gasteiger charge is 2.50. The quantitative estimate of drug-likeness (QED) is 0.630. The molecule has 20 heavy (non-hydrogen) atoms. The first kappa shape index (κ1) is 15.1. The standard InChI is InChI=1S/C16H29O3P/c1-3-5-6-20(17,18-4-2)19-16-14-8-12-7-13(10-14)11-15(16)9-12/h12-16H,3-11H2,1-2H3. The lowest BCUT2D eigenvalue weighted by Gasteiger charge is -2.54. The highest BCUT2D eigenvalue weighted by Crippen LogP contribution is 2.60. The minimum absolute atomic E-state index is 0.219. The van der Waals surface area contributed by atoms with Crippen molar-refractivity contribution in [2.24, 2.45) is 23.7 Å². The summed E-state index contributed by atoms with van der Waals surface area (Å²) >= 11 is 0. The van der Waals surface area contributed by atoms with Crippen molar-refractivity contribution in [3.63, 3.8) is 0 Å². The molecule has 4 aliphatic carbocycles. The monoisotopic (exact) mass is 300 g/mol. The lowest BCUT2D eigenvalue weighted by atomic mass is 9.55. The van der Waals surface area contributed by atoms with Gasteiger partial charge in [0, 0.05) is 0 Å². The van der Waals surface area contributed by atoms with Crippen molar-refractivity contribution in [2.75, 3.05) is 12.8 Å². The van der Waals surface area contributed by atoms with Crippen LogP contribution >= 0.6 is 7.60 Å². The summed E-state index contributed by atoms with van der Waals surface area (Å²) in [5, 5.41) is 0. The Kier molecular flexibility index (Phi) is 4.60. The van der Waals surface area contributed by atoms with Crippen LogP contribution in [0.4, 0.5) is 0 Å². The lowest BCUT2D eigenvalue weighted by molar-refractivity contribution is -0.0837. The van der Waals surface area contributed by atoms with E-state index in [9.17, 15) is 4.57 Å². The maximum atomic E-state index is 12.9. The molecule has 0 N–H and O–H groups in total. The largest absolute Gasteiger partial charge is 0.330 e. The molecule has 4 aliphatic rings. The van der Waals surface area contributed by atoms with E-state index in [-0.39, 0.29) is 6.10 Å². The molecule has 0 aliphatic heterocycles. The maximum Gasteiger partial charge on any atom is 0.330 e. The molecule has 0 amide bonds. The smallest absolute Gasteiger partial charge is 0.309 e. The van der Waals surface area contributed by atoms with E-state index in [4.69, 9.17) is 9.05 Å². The third kappa shape index (κ3) is 3.00. The van der Waals surface area contributed by atoms with Crippen molar-refractivity contribution in [3.8, 4) is 0 Å². The summed E-state index contributed by atoms with van der Waals surface area (Å²) in [5.74, 6) is 3.17. The molecule has 4 fully saturated rings. The zero-order valence-electron chi connectivity index (χ0n) is 12.9. The molecule has 4 heteroatoms. The molecule has 0 aromatic carbocycles. The highest BCUT2D eigenvalue weighted by atomic mass is 31.2. The average molecular weight is 300 g/mol. The topological polar surface area (TPSA) is 35.5 Å². The van der Waals surface area contributed by atoms with Gasteiger partial charge in [-0.15, -0.1) is 0 Å². The molecule has 4 bridgehead atoms. The first-order valence-corrected chi connectivity index (χ1v) is 10.3. The number of hydrogen-bond acceptors (Lipinski definition) is 3. The third-order valence-corrected chi connectivity index (χ3v) is 7.61. The molecule has 1 atom stereocenters. The molecular formula is C16H29O3P. The van der Waals surface area contributed by atoms with Crippen LogP contribution in [0, 0.1) is 23.7 Å². The van der Waals surface area contributed by atoms with Crippen molar-refractivity contribution in [1.82, 2.24) is 0 Å². The van der Waals surface area contributed by atoms with Crippen LogP contribution in [0.15, 0.2) is 0 Å². The summed E-state index contributed by atoms with van der Waals surface area (Å²) < 4.78 is 24.7. The molecule has 0 aromatic rings. The van der Waals surface area contributed by atoms with Crippen LogP contribution in [0.3, 0.4) is 0 Å². The Morgan fingerprint density at radius 3 is 2.10 bits per heavy atom. The molecule has 0 radical (unpaired) electrons. The Labute approximate surface area is 123 Å². The second kappa shape index (κ2) is 6.10. The number of rotatable bonds is 7. The first-order chi connectivity index (χ1) is 9.63. The van der Waals surface area contributed by atoms with Gasteiger partial charge in [-0.05, 0) is 69.1 Å². The van der Waals surface area contributed by atoms with Crippen LogP contribution < -0.4 is 0 Å². The highest BCUT2D eigenvalue weighted by molar-refractivity contribution is 7.53. The molecular weight excluding hydrogens is 271 g/mol. The Morgan fingerprint density at radius 2 is 1.60 bits per heavy atom. The van der Waals surface area contributed by atoms with Gasteiger partial charge in [-0.2, -0.15) is 0 Å². The molecule has 3 nitrogen and oxygen atoms in total. The van der Waals surface area contributed by atoms with E-state index < -0.39 is 7.60 Å². The second-order valence-corrected chi connectivity index (χ2v) is 9.24. The first-order valence-electron chi connectivity index (χ1n) is 8.55. The van der Waals surface area contributed by atoms with E-state index in [1.807, 2.05) is 6.92 Å². The summed E-state index contributed by atoms with van der Waals surface area (Å²) in [6.45, 7) is 4.53. The zero-order chi connectivity index (χ0) is 14.2. The molecule has 0 spiro atoms. The lowest BCUT2D eigenvalue weighted by Crippen LogP contribution is -2.49. The fraction of sp³-hybridized carbons (Fsp3) is 1.00. The predicted octanol–water partition coefficient (Wildman–Crippen LogP) is 4.86. The van der Waals surface area contributed by atoms with Crippen LogP contribution in [0.25, 0.3) is 0 Å². The Balaban J connectivity index is 1.67. The fourth-order valence-electron chi connectivity index (χ4n) is 4.93. The SMILES string of the molecule is CCCCP(=O)(OCC)OC1C2CC3CC(C2)CC1C3. The fourth-order valence-corrected chi connectivity index (χ4v) is 7.04. The summed E-state index contributed by atoms with van der Waals surface area (Å²) in [6.07, 6.45) is 9.45. The van der Waals surface area contributed by atoms with E-state index in [0.717, 1.165) is 24.7 Å². The van der Waals surface area contributed by atoms with Crippen LogP contribution in [-0.2, 0) is 13.6 Å². The van der Waals surface area contributed by atoms with E-state index in [2.05, 4.69) is 6.92 Å². The molecule has 0 saturated heterocycles. The molecule has 1 unspecified atom stereocenters. The van der Waals surface area contributed by atoms with E-state index in [0.29, 0.717) is 24.6 Å². The second-order valence-electron chi connectivity index (χ2n) is 7.11. The van der Waals surface area contributed by atoms with Crippen LogP contribution in [0.1, 0.15) is 58.8 Å². The minimum Gasteiger partial charge on any atom is -0.309 e. The number of hydrogen-bond donors (Lipinski definition) is 0. The molecule has 116 valence electrons. The maximum absolute atomic E-state index is 12.9. The molecule has 4 rings (SSSR count). The van der Waals surface area contributed by atoms with Crippen molar-refractivity contribution >= 4 is 7.60 Å². The van der Waals surface area contributed by atoms with Gasteiger partial charge in [0.25, 0.3) is 0 Å². The van der Waals surface area contributed by atoms with E-state index in [1.54, 1.807) is 0 Å². The predicted molar refractivity (Wildman–Crippen MR) is 80.9 cm³/mol. The molecule has 0 heterocycles. The third-order valence-electron chi connectivity index (χ3n) is 5.53. The molecule has 4 saturated carbocycles. The van der Waals surface area contributed by atoms with Crippen LogP contribution in [0.2, 0.25) is 0 Å². The minimum atomic E-state index is -2.86. The van der Waals surface area contributed by atoms with E-state index in [1.165, 1.54) is 32.1 Å². The van der Waals surface area contributed by atoms with Gasteiger partial charge in [-0.3, -0.25) is 4.57 Å². The van der Waals surface area contributed by atoms with Gasteiger partial charge in [-0.25, -0.2) is 0 Å². The van der Waals surface area contributed by atoms with Crippen molar-refractivity contribution in [3.05, 3.63) is 0 Å².